The highest BCUT2D eigenvalue weighted by molar-refractivity contribution is 6.31. The average molecular weight is 407 g/mol. The Morgan fingerprint density at radius 2 is 2.07 bits per heavy atom. The van der Waals surface area contributed by atoms with E-state index in [1.807, 2.05) is 0 Å². The van der Waals surface area contributed by atoms with Crippen molar-refractivity contribution < 1.29 is 27.5 Å². The van der Waals surface area contributed by atoms with Crippen molar-refractivity contribution in [1.82, 2.24) is 9.80 Å². The summed E-state index contributed by atoms with van der Waals surface area (Å²) in [5.74, 6) is -0.558. The van der Waals surface area contributed by atoms with Crippen molar-refractivity contribution in [2.24, 2.45) is 0 Å². The van der Waals surface area contributed by atoms with E-state index in [9.17, 15) is 22.8 Å². The zero-order valence-electron chi connectivity index (χ0n) is 15.2. The van der Waals surface area contributed by atoms with E-state index in [0.717, 1.165) is 4.90 Å². The van der Waals surface area contributed by atoms with Crippen molar-refractivity contribution >= 4 is 23.4 Å². The zero-order valence-corrected chi connectivity index (χ0v) is 15.9. The summed E-state index contributed by atoms with van der Waals surface area (Å²) >= 11 is 5.97. The maximum Gasteiger partial charge on any atom is 0.390 e. The van der Waals surface area contributed by atoms with Gasteiger partial charge in [-0.05, 0) is 38.0 Å². The molecule has 1 fully saturated rings. The number of halogens is 4. The number of hydrogen-bond acceptors (Lipinski definition) is 3. The van der Waals surface area contributed by atoms with E-state index in [-0.39, 0.29) is 12.1 Å². The molecule has 0 saturated carbocycles. The lowest BCUT2D eigenvalue weighted by atomic mass is 10.1. The summed E-state index contributed by atoms with van der Waals surface area (Å²) in [5.41, 5.74) is 0.225. The monoisotopic (exact) mass is 406 g/mol. The molecule has 1 aromatic carbocycles. The molecular formula is C18H22ClF3N2O3. The smallest absolute Gasteiger partial charge is 0.390 e. The van der Waals surface area contributed by atoms with Gasteiger partial charge in [-0.3, -0.25) is 9.59 Å². The number of ether oxygens (including phenoxy) is 1. The number of alkyl halides is 3. The molecule has 0 aliphatic carbocycles. The fourth-order valence-corrected chi connectivity index (χ4v) is 3.34. The molecule has 27 heavy (non-hydrogen) atoms. The van der Waals surface area contributed by atoms with Crippen LogP contribution < -0.4 is 4.74 Å². The van der Waals surface area contributed by atoms with Gasteiger partial charge in [-0.1, -0.05) is 11.6 Å². The van der Waals surface area contributed by atoms with Crippen LogP contribution in [0, 0.1) is 0 Å². The fraction of sp³-hybridized carbons (Fsp3) is 0.556. The molecule has 2 amide bonds. The van der Waals surface area contributed by atoms with Crippen molar-refractivity contribution in [2.75, 3.05) is 26.7 Å². The van der Waals surface area contributed by atoms with E-state index >= 15 is 0 Å². The molecule has 1 aliphatic heterocycles. The van der Waals surface area contributed by atoms with Crippen LogP contribution in [0.3, 0.4) is 0 Å². The third kappa shape index (κ3) is 5.28. The Morgan fingerprint density at radius 3 is 2.67 bits per heavy atom. The summed E-state index contributed by atoms with van der Waals surface area (Å²) in [6, 6.07) is 3.82. The third-order valence-electron chi connectivity index (χ3n) is 4.55. The molecule has 1 atom stereocenters. The molecule has 5 nitrogen and oxygen atoms in total. The Bertz CT molecular complexity index is 697. The molecule has 2 rings (SSSR count). The molecule has 0 radical (unpaired) electrons. The average Bonchev–Trinajstić information content (AvgIpc) is 3.10. The number of carbonyl (C=O) groups excluding carboxylic acids is 2. The Kier molecular flexibility index (Phi) is 6.97. The number of likely N-dealkylation sites (N-methyl/N-ethyl adjacent to an activating group) is 1. The molecular weight excluding hydrogens is 385 g/mol. The van der Waals surface area contributed by atoms with Crippen LogP contribution in [0.25, 0.3) is 0 Å². The second kappa shape index (κ2) is 8.82. The van der Waals surface area contributed by atoms with Crippen molar-refractivity contribution in [1.29, 1.82) is 0 Å². The van der Waals surface area contributed by atoms with Crippen LogP contribution in [-0.4, -0.2) is 60.6 Å². The van der Waals surface area contributed by atoms with E-state index in [0.29, 0.717) is 30.2 Å². The van der Waals surface area contributed by atoms with Gasteiger partial charge in [0.25, 0.3) is 5.91 Å². The lowest BCUT2D eigenvalue weighted by molar-refractivity contribution is -0.147. The van der Waals surface area contributed by atoms with Crippen molar-refractivity contribution in [3.8, 4) is 5.75 Å². The number of rotatable bonds is 6. The second-order valence-electron chi connectivity index (χ2n) is 6.28. The predicted molar refractivity (Wildman–Crippen MR) is 95.0 cm³/mol. The van der Waals surface area contributed by atoms with Gasteiger partial charge in [0.05, 0.1) is 19.1 Å². The van der Waals surface area contributed by atoms with Crippen LogP contribution >= 0.6 is 11.6 Å². The molecule has 1 unspecified atom stereocenters. The number of methoxy groups -OCH3 is 1. The van der Waals surface area contributed by atoms with Gasteiger partial charge in [-0.15, -0.1) is 0 Å². The third-order valence-corrected chi connectivity index (χ3v) is 4.78. The van der Waals surface area contributed by atoms with Gasteiger partial charge < -0.3 is 14.5 Å². The maximum absolute atomic E-state index is 13.0. The molecule has 1 aromatic rings. The minimum Gasteiger partial charge on any atom is -0.496 e. The first-order valence-corrected chi connectivity index (χ1v) is 9.05. The van der Waals surface area contributed by atoms with Crippen LogP contribution in [0.15, 0.2) is 18.2 Å². The highest BCUT2D eigenvalue weighted by Gasteiger charge is 2.38. The summed E-state index contributed by atoms with van der Waals surface area (Å²) in [6.07, 6.45) is -4.40. The van der Waals surface area contributed by atoms with Gasteiger partial charge in [0.15, 0.2) is 0 Å². The lowest BCUT2D eigenvalue weighted by Gasteiger charge is -2.30. The molecule has 0 aromatic heterocycles. The van der Waals surface area contributed by atoms with E-state index in [1.54, 1.807) is 19.1 Å². The highest BCUT2D eigenvalue weighted by atomic mass is 35.5. The predicted octanol–water partition coefficient (Wildman–Crippen LogP) is 3.75. The Hall–Kier alpha value is -1.96. The second-order valence-corrected chi connectivity index (χ2v) is 6.72. The Morgan fingerprint density at radius 1 is 1.37 bits per heavy atom. The molecule has 1 saturated heterocycles. The number of amides is 2. The molecule has 150 valence electrons. The van der Waals surface area contributed by atoms with E-state index in [1.165, 1.54) is 18.1 Å². The van der Waals surface area contributed by atoms with Gasteiger partial charge in [0.1, 0.15) is 11.8 Å². The lowest BCUT2D eigenvalue weighted by Crippen LogP contribution is -2.48. The molecule has 1 aliphatic rings. The van der Waals surface area contributed by atoms with Gasteiger partial charge in [-0.25, -0.2) is 0 Å². The van der Waals surface area contributed by atoms with Crippen LogP contribution in [-0.2, 0) is 4.79 Å². The topological polar surface area (TPSA) is 49.9 Å². The summed E-state index contributed by atoms with van der Waals surface area (Å²) in [5, 5.41) is 0.349. The van der Waals surface area contributed by atoms with Gasteiger partial charge in [-0.2, -0.15) is 13.2 Å². The maximum atomic E-state index is 13.0. The van der Waals surface area contributed by atoms with Crippen molar-refractivity contribution in [2.45, 2.75) is 38.4 Å². The van der Waals surface area contributed by atoms with E-state index in [4.69, 9.17) is 16.3 Å². The number of carbonyl (C=O) groups is 2. The van der Waals surface area contributed by atoms with Gasteiger partial charge in [0, 0.05) is 24.7 Å². The molecule has 0 spiro atoms. The zero-order chi connectivity index (χ0) is 20.2. The first-order chi connectivity index (χ1) is 12.7. The molecule has 0 N–H and O–H groups in total. The summed E-state index contributed by atoms with van der Waals surface area (Å²) in [7, 11) is 1.42. The standard InChI is InChI=1S/C18H22ClF3N2O3/c1-3-23(10-8-18(20,21)22)17(26)14-5-4-9-24(14)16(25)13-11-12(19)6-7-15(13)27-2/h6-7,11,14H,3-5,8-10H2,1-2H3. The normalized spacial score (nSPS) is 17.1. The Labute approximate surface area is 161 Å². The van der Waals surface area contributed by atoms with Crippen LogP contribution in [0.4, 0.5) is 13.2 Å². The summed E-state index contributed by atoms with van der Waals surface area (Å²) in [4.78, 5) is 28.3. The molecule has 0 bridgehead atoms. The van der Waals surface area contributed by atoms with Gasteiger partial charge >= 0.3 is 6.18 Å². The SMILES string of the molecule is CCN(CCC(F)(F)F)C(=O)C1CCCN1C(=O)c1cc(Cl)ccc1OC. The van der Waals surface area contributed by atoms with Crippen molar-refractivity contribution in [3.05, 3.63) is 28.8 Å². The minimum atomic E-state index is -4.34. The number of likely N-dealkylation sites (tertiary alicyclic amines) is 1. The van der Waals surface area contributed by atoms with Crippen LogP contribution in [0.2, 0.25) is 5.02 Å². The number of benzene rings is 1. The largest absolute Gasteiger partial charge is 0.496 e. The molecule has 1 heterocycles. The fourth-order valence-electron chi connectivity index (χ4n) is 3.17. The summed E-state index contributed by atoms with van der Waals surface area (Å²) in [6.45, 7) is 1.70. The van der Waals surface area contributed by atoms with Crippen molar-refractivity contribution in [3.63, 3.8) is 0 Å². The van der Waals surface area contributed by atoms with Gasteiger partial charge in [0.2, 0.25) is 5.91 Å². The van der Waals surface area contributed by atoms with Crippen LogP contribution in [0.1, 0.15) is 36.5 Å². The van der Waals surface area contributed by atoms with E-state index in [2.05, 4.69) is 0 Å². The molecule has 9 heteroatoms. The first kappa shape index (κ1) is 21.3. The Balaban J connectivity index is 2.19. The summed E-state index contributed by atoms with van der Waals surface area (Å²) < 4.78 is 42.7. The number of nitrogens with zero attached hydrogens (tertiary/aromatic N) is 2. The van der Waals surface area contributed by atoms with Crippen LogP contribution in [0.5, 0.6) is 5.75 Å². The number of hydrogen-bond donors (Lipinski definition) is 0. The minimum absolute atomic E-state index is 0.147. The quantitative estimate of drug-likeness (QED) is 0.723. The highest BCUT2D eigenvalue weighted by Crippen LogP contribution is 2.29. The first-order valence-electron chi connectivity index (χ1n) is 8.68. The van der Waals surface area contributed by atoms with E-state index < -0.39 is 37.0 Å².